The van der Waals surface area contributed by atoms with Gasteiger partial charge in [-0.25, -0.2) is 0 Å². The molecule has 4 saturated carbocycles. The van der Waals surface area contributed by atoms with E-state index in [-0.39, 0.29) is 6.10 Å². The van der Waals surface area contributed by atoms with E-state index in [1.807, 2.05) is 0 Å². The molecule has 2 heteroatoms. The Morgan fingerprint density at radius 2 is 1.56 bits per heavy atom. The lowest BCUT2D eigenvalue weighted by atomic mass is 9.48. The molecule has 0 saturated heterocycles. The quantitative estimate of drug-likeness (QED) is 0.768. The molecule has 1 unspecified atom stereocenters. The molecule has 0 heterocycles. The third-order valence-corrected chi connectivity index (χ3v) is 5.47. The van der Waals surface area contributed by atoms with Crippen molar-refractivity contribution in [3.05, 3.63) is 0 Å². The third kappa shape index (κ3) is 1.70. The van der Waals surface area contributed by atoms with E-state index in [4.69, 9.17) is 5.73 Å². The summed E-state index contributed by atoms with van der Waals surface area (Å²) in [7, 11) is 0. The van der Waals surface area contributed by atoms with Gasteiger partial charge in [0, 0.05) is 0 Å². The van der Waals surface area contributed by atoms with E-state index < -0.39 is 0 Å². The normalized spacial score (nSPS) is 47.2. The van der Waals surface area contributed by atoms with Gasteiger partial charge >= 0.3 is 0 Å². The van der Waals surface area contributed by atoms with Gasteiger partial charge in [-0.2, -0.15) is 0 Å². The predicted octanol–water partition coefficient (Wildman–Crippen LogP) is 2.30. The first-order valence-electron chi connectivity index (χ1n) is 7.10. The van der Waals surface area contributed by atoms with Gasteiger partial charge in [-0.15, -0.1) is 0 Å². The Kier molecular flexibility index (Phi) is 2.75. The molecule has 16 heavy (non-hydrogen) atoms. The second-order valence-electron chi connectivity index (χ2n) is 6.73. The lowest BCUT2D eigenvalue weighted by Crippen LogP contribution is -2.51. The molecule has 0 aromatic heterocycles. The number of aliphatic hydroxyl groups excluding tert-OH is 1. The number of hydrogen-bond donors (Lipinski definition) is 2. The predicted molar refractivity (Wildman–Crippen MR) is 64.9 cm³/mol. The van der Waals surface area contributed by atoms with E-state index in [1.165, 1.54) is 38.5 Å². The molecule has 0 aromatic carbocycles. The van der Waals surface area contributed by atoms with Crippen molar-refractivity contribution >= 4 is 0 Å². The van der Waals surface area contributed by atoms with Crippen molar-refractivity contribution in [1.29, 1.82) is 0 Å². The summed E-state index contributed by atoms with van der Waals surface area (Å²) in [6.07, 6.45) is 10.2. The summed E-state index contributed by atoms with van der Waals surface area (Å²) in [5.74, 6) is 2.83. The second kappa shape index (κ2) is 3.99. The van der Waals surface area contributed by atoms with Gasteiger partial charge in [-0.1, -0.05) is 0 Å². The Morgan fingerprint density at radius 1 is 1.06 bits per heavy atom. The van der Waals surface area contributed by atoms with Crippen LogP contribution in [0.1, 0.15) is 51.4 Å². The van der Waals surface area contributed by atoms with Crippen molar-refractivity contribution in [2.75, 3.05) is 6.54 Å². The van der Waals surface area contributed by atoms with Crippen LogP contribution in [0.2, 0.25) is 0 Å². The Bertz CT molecular complexity index is 228. The average molecular weight is 223 g/mol. The van der Waals surface area contributed by atoms with Crippen molar-refractivity contribution in [3.63, 3.8) is 0 Å². The summed E-state index contributed by atoms with van der Waals surface area (Å²) in [4.78, 5) is 0. The van der Waals surface area contributed by atoms with Crippen LogP contribution in [-0.2, 0) is 0 Å². The van der Waals surface area contributed by atoms with Gasteiger partial charge in [-0.3, -0.25) is 0 Å². The number of nitrogens with two attached hydrogens (primary N) is 1. The summed E-state index contributed by atoms with van der Waals surface area (Å²) in [5, 5.41) is 10.5. The molecule has 4 aliphatic rings. The van der Waals surface area contributed by atoms with Gasteiger partial charge in [0.2, 0.25) is 0 Å². The fourth-order valence-corrected chi connectivity index (χ4v) is 5.20. The van der Waals surface area contributed by atoms with Gasteiger partial charge in [0.15, 0.2) is 0 Å². The molecule has 0 radical (unpaired) electrons. The molecule has 1 atom stereocenters. The summed E-state index contributed by atoms with van der Waals surface area (Å²) in [6.45, 7) is 0.726. The minimum Gasteiger partial charge on any atom is -0.393 e. The van der Waals surface area contributed by atoms with Crippen molar-refractivity contribution in [1.82, 2.24) is 0 Å². The monoisotopic (exact) mass is 223 g/mol. The van der Waals surface area contributed by atoms with Gasteiger partial charge in [0.05, 0.1) is 6.10 Å². The highest BCUT2D eigenvalue weighted by molar-refractivity contribution is 5.04. The molecule has 0 aromatic rings. The zero-order valence-electron chi connectivity index (χ0n) is 10.2. The standard InChI is InChI=1S/C14H25NO/c15-3-1-2-13(16)14-7-10-4-11(8-14)6-12(5-10)9-14/h10-13,16H,1-9,15H2. The van der Waals surface area contributed by atoms with Crippen molar-refractivity contribution < 1.29 is 5.11 Å². The molecule has 92 valence electrons. The van der Waals surface area contributed by atoms with Crippen LogP contribution < -0.4 is 5.73 Å². The summed E-state index contributed by atoms with van der Waals surface area (Å²) in [5.41, 5.74) is 5.87. The molecule has 0 amide bonds. The highest BCUT2D eigenvalue weighted by Crippen LogP contribution is 2.61. The summed E-state index contributed by atoms with van der Waals surface area (Å²) >= 11 is 0. The van der Waals surface area contributed by atoms with Crippen LogP contribution in [0.4, 0.5) is 0 Å². The Labute approximate surface area is 98.6 Å². The molecule has 4 bridgehead atoms. The zero-order chi connectivity index (χ0) is 11.2. The largest absolute Gasteiger partial charge is 0.393 e. The fourth-order valence-electron chi connectivity index (χ4n) is 5.20. The van der Waals surface area contributed by atoms with E-state index in [1.54, 1.807) is 0 Å². The summed E-state index contributed by atoms with van der Waals surface area (Å²) < 4.78 is 0. The van der Waals surface area contributed by atoms with Crippen LogP contribution >= 0.6 is 0 Å². The van der Waals surface area contributed by atoms with Gasteiger partial charge in [-0.05, 0) is 81.1 Å². The van der Waals surface area contributed by atoms with Gasteiger partial charge in [0.1, 0.15) is 0 Å². The maximum atomic E-state index is 10.5. The van der Waals surface area contributed by atoms with Crippen molar-refractivity contribution in [2.45, 2.75) is 57.5 Å². The van der Waals surface area contributed by atoms with Crippen LogP contribution in [0, 0.1) is 23.2 Å². The number of rotatable bonds is 4. The lowest BCUT2D eigenvalue weighted by molar-refractivity contribution is -0.122. The Morgan fingerprint density at radius 3 is 2.00 bits per heavy atom. The first kappa shape index (κ1) is 11.0. The highest BCUT2D eigenvalue weighted by atomic mass is 16.3. The minimum atomic E-state index is -0.0653. The van der Waals surface area contributed by atoms with Crippen LogP contribution in [0.15, 0.2) is 0 Å². The Hall–Kier alpha value is -0.0800. The molecule has 4 rings (SSSR count). The number of hydrogen-bond acceptors (Lipinski definition) is 2. The minimum absolute atomic E-state index is 0.0653. The van der Waals surface area contributed by atoms with E-state index in [0.717, 1.165) is 37.1 Å². The molecular formula is C14H25NO. The molecule has 4 aliphatic carbocycles. The van der Waals surface area contributed by atoms with Crippen LogP contribution in [0.5, 0.6) is 0 Å². The second-order valence-corrected chi connectivity index (χ2v) is 6.73. The molecule has 0 aliphatic heterocycles. The zero-order valence-corrected chi connectivity index (χ0v) is 10.2. The maximum Gasteiger partial charge on any atom is 0.0597 e. The van der Waals surface area contributed by atoms with E-state index in [9.17, 15) is 5.11 Å². The smallest absolute Gasteiger partial charge is 0.0597 e. The first-order chi connectivity index (χ1) is 7.72. The van der Waals surface area contributed by atoms with Gasteiger partial charge in [0.25, 0.3) is 0 Å². The van der Waals surface area contributed by atoms with E-state index in [2.05, 4.69) is 0 Å². The molecule has 2 nitrogen and oxygen atoms in total. The molecule has 0 spiro atoms. The first-order valence-corrected chi connectivity index (χ1v) is 7.10. The van der Waals surface area contributed by atoms with E-state index in [0.29, 0.717) is 5.41 Å². The fraction of sp³-hybridized carbons (Fsp3) is 1.00. The third-order valence-electron chi connectivity index (χ3n) is 5.47. The van der Waals surface area contributed by atoms with Crippen molar-refractivity contribution in [2.24, 2.45) is 28.9 Å². The van der Waals surface area contributed by atoms with Crippen LogP contribution in [0.3, 0.4) is 0 Å². The van der Waals surface area contributed by atoms with E-state index >= 15 is 0 Å². The average Bonchev–Trinajstić information content (AvgIpc) is 2.24. The van der Waals surface area contributed by atoms with Crippen LogP contribution in [-0.4, -0.2) is 17.8 Å². The SMILES string of the molecule is NCCCC(O)C12CC3CC(CC(C3)C1)C2. The van der Waals surface area contributed by atoms with Crippen LogP contribution in [0.25, 0.3) is 0 Å². The Balaban J connectivity index is 1.72. The summed E-state index contributed by atoms with van der Waals surface area (Å²) in [6, 6.07) is 0. The van der Waals surface area contributed by atoms with Crippen molar-refractivity contribution in [3.8, 4) is 0 Å². The molecule has 4 fully saturated rings. The lowest BCUT2D eigenvalue weighted by Gasteiger charge is -2.58. The molecule has 3 N–H and O–H groups in total. The maximum absolute atomic E-state index is 10.5. The topological polar surface area (TPSA) is 46.2 Å². The highest BCUT2D eigenvalue weighted by Gasteiger charge is 2.53. The molecular weight excluding hydrogens is 198 g/mol. The number of aliphatic hydroxyl groups is 1. The van der Waals surface area contributed by atoms with Gasteiger partial charge < -0.3 is 10.8 Å².